The lowest BCUT2D eigenvalue weighted by molar-refractivity contribution is -0.141. The lowest BCUT2D eigenvalue weighted by Crippen LogP contribution is -2.49. The number of morpholine rings is 1. The van der Waals surface area contributed by atoms with E-state index in [0.29, 0.717) is 13.1 Å². The lowest BCUT2D eigenvalue weighted by atomic mass is 10.1. The fourth-order valence-corrected chi connectivity index (χ4v) is 2.73. The Morgan fingerprint density at radius 3 is 2.52 bits per heavy atom. The molecule has 2 atom stereocenters. The highest BCUT2D eigenvalue weighted by Crippen LogP contribution is 2.20. The first-order valence-electron chi connectivity index (χ1n) is 7.90. The van der Waals surface area contributed by atoms with Gasteiger partial charge in [-0.2, -0.15) is 0 Å². The van der Waals surface area contributed by atoms with Crippen molar-refractivity contribution in [1.29, 1.82) is 0 Å². The van der Waals surface area contributed by atoms with Crippen LogP contribution in [-0.2, 0) is 14.3 Å². The van der Waals surface area contributed by atoms with Crippen molar-refractivity contribution in [3.05, 3.63) is 23.8 Å². The van der Waals surface area contributed by atoms with Crippen molar-refractivity contribution < 1.29 is 14.3 Å². The smallest absolute Gasteiger partial charge is 0.242 e. The number of anilines is 2. The van der Waals surface area contributed by atoms with Crippen LogP contribution in [0.3, 0.4) is 0 Å². The maximum atomic E-state index is 12.3. The summed E-state index contributed by atoms with van der Waals surface area (Å²) >= 11 is 0. The molecule has 2 unspecified atom stereocenters. The summed E-state index contributed by atoms with van der Waals surface area (Å²) < 4.78 is 5.64. The Morgan fingerprint density at radius 2 is 1.91 bits per heavy atom. The molecule has 1 fully saturated rings. The maximum absolute atomic E-state index is 12.3. The number of hydrogen-bond acceptors (Lipinski definition) is 4. The number of nitrogens with zero attached hydrogens (tertiary/aromatic N) is 1. The zero-order valence-corrected chi connectivity index (χ0v) is 14.2. The van der Waals surface area contributed by atoms with Crippen LogP contribution in [0.1, 0.15) is 26.3 Å². The highest BCUT2D eigenvalue weighted by Gasteiger charge is 2.25. The fourth-order valence-electron chi connectivity index (χ4n) is 2.73. The molecule has 1 aromatic rings. The Kier molecular flexibility index (Phi) is 5.60. The van der Waals surface area contributed by atoms with E-state index in [-0.39, 0.29) is 30.6 Å². The van der Waals surface area contributed by atoms with E-state index >= 15 is 0 Å². The maximum Gasteiger partial charge on any atom is 0.242 e. The second kappa shape index (κ2) is 7.46. The van der Waals surface area contributed by atoms with Crippen LogP contribution in [0.4, 0.5) is 11.4 Å². The first-order chi connectivity index (χ1) is 10.8. The second-order valence-electron chi connectivity index (χ2n) is 6.12. The molecule has 0 aromatic heterocycles. The summed E-state index contributed by atoms with van der Waals surface area (Å²) in [6.07, 6.45) is 0.127. The van der Waals surface area contributed by atoms with E-state index in [4.69, 9.17) is 4.74 Å². The third-order valence-electron chi connectivity index (χ3n) is 3.76. The van der Waals surface area contributed by atoms with Crippen molar-refractivity contribution in [2.24, 2.45) is 0 Å². The number of benzene rings is 1. The molecule has 1 aromatic carbocycles. The van der Waals surface area contributed by atoms with Crippen molar-refractivity contribution in [3.8, 4) is 0 Å². The van der Waals surface area contributed by atoms with Crippen molar-refractivity contribution >= 4 is 23.2 Å². The molecule has 2 rings (SSSR count). The summed E-state index contributed by atoms with van der Waals surface area (Å²) in [6, 6.07) is 5.66. The summed E-state index contributed by atoms with van der Waals surface area (Å²) in [7, 11) is 0. The van der Waals surface area contributed by atoms with Gasteiger partial charge in [0.2, 0.25) is 11.8 Å². The van der Waals surface area contributed by atoms with Crippen LogP contribution in [0.2, 0.25) is 0 Å². The molecule has 0 radical (unpaired) electrons. The molecule has 1 aliphatic rings. The Balaban J connectivity index is 1.95. The third kappa shape index (κ3) is 4.96. The molecule has 6 nitrogen and oxygen atoms in total. The minimum absolute atomic E-state index is 0.0497. The van der Waals surface area contributed by atoms with Gasteiger partial charge < -0.3 is 20.3 Å². The molecular weight excluding hydrogens is 294 g/mol. The van der Waals surface area contributed by atoms with Crippen LogP contribution in [0.25, 0.3) is 0 Å². The molecule has 6 heteroatoms. The Labute approximate surface area is 137 Å². The van der Waals surface area contributed by atoms with Gasteiger partial charge in [-0.25, -0.2) is 0 Å². The van der Waals surface area contributed by atoms with Crippen LogP contribution in [0, 0.1) is 6.92 Å². The molecule has 1 saturated heterocycles. The van der Waals surface area contributed by atoms with E-state index < -0.39 is 0 Å². The number of amides is 2. The number of carbonyl (C=O) groups excluding carboxylic acids is 2. The molecule has 0 spiro atoms. The van der Waals surface area contributed by atoms with Crippen molar-refractivity contribution in [1.82, 2.24) is 4.90 Å². The SMILES string of the molecule is CC(=O)Nc1cc(NCC(=O)N2CC(C)OC(C)C2)ccc1C. The number of hydrogen-bond donors (Lipinski definition) is 2. The van der Waals surface area contributed by atoms with Gasteiger partial charge in [-0.1, -0.05) is 6.07 Å². The summed E-state index contributed by atoms with van der Waals surface area (Å²) in [4.78, 5) is 25.4. The van der Waals surface area contributed by atoms with Gasteiger partial charge in [0.05, 0.1) is 18.8 Å². The Hall–Kier alpha value is -2.08. The number of aryl methyl sites for hydroxylation is 1. The van der Waals surface area contributed by atoms with Crippen LogP contribution in [-0.4, -0.2) is 48.6 Å². The monoisotopic (exact) mass is 319 g/mol. The number of nitrogens with one attached hydrogen (secondary N) is 2. The van der Waals surface area contributed by atoms with Gasteiger partial charge in [-0.15, -0.1) is 0 Å². The van der Waals surface area contributed by atoms with Gasteiger partial charge in [-0.05, 0) is 38.5 Å². The van der Waals surface area contributed by atoms with Crippen LogP contribution in [0.15, 0.2) is 18.2 Å². The van der Waals surface area contributed by atoms with Gasteiger partial charge in [0, 0.05) is 31.4 Å². The molecule has 1 heterocycles. The highest BCUT2D eigenvalue weighted by atomic mass is 16.5. The summed E-state index contributed by atoms with van der Waals surface area (Å²) in [5.41, 5.74) is 2.54. The minimum Gasteiger partial charge on any atom is -0.376 e. The van der Waals surface area contributed by atoms with Crippen LogP contribution < -0.4 is 10.6 Å². The number of rotatable bonds is 4. The van der Waals surface area contributed by atoms with Gasteiger partial charge in [0.1, 0.15) is 0 Å². The Morgan fingerprint density at radius 1 is 1.26 bits per heavy atom. The average Bonchev–Trinajstić information content (AvgIpc) is 2.46. The minimum atomic E-state index is -0.113. The fraction of sp³-hybridized carbons (Fsp3) is 0.529. The van der Waals surface area contributed by atoms with Crippen molar-refractivity contribution in [2.75, 3.05) is 30.3 Å². The Bertz CT molecular complexity index is 578. The van der Waals surface area contributed by atoms with Gasteiger partial charge in [-0.3, -0.25) is 9.59 Å². The molecule has 2 amide bonds. The number of ether oxygens (including phenoxy) is 1. The predicted molar refractivity (Wildman–Crippen MR) is 90.6 cm³/mol. The highest BCUT2D eigenvalue weighted by molar-refractivity contribution is 5.90. The zero-order chi connectivity index (χ0) is 17.0. The van der Waals surface area contributed by atoms with Crippen LogP contribution in [0.5, 0.6) is 0 Å². The zero-order valence-electron chi connectivity index (χ0n) is 14.2. The lowest BCUT2D eigenvalue weighted by Gasteiger charge is -2.35. The third-order valence-corrected chi connectivity index (χ3v) is 3.76. The molecule has 23 heavy (non-hydrogen) atoms. The van der Waals surface area contributed by atoms with E-state index in [1.165, 1.54) is 6.92 Å². The summed E-state index contributed by atoms with van der Waals surface area (Å²) in [5, 5.41) is 5.91. The van der Waals surface area contributed by atoms with Gasteiger partial charge in [0.25, 0.3) is 0 Å². The van der Waals surface area contributed by atoms with Crippen LogP contribution >= 0.6 is 0 Å². The summed E-state index contributed by atoms with van der Waals surface area (Å²) in [5.74, 6) is -0.0636. The second-order valence-corrected chi connectivity index (χ2v) is 6.12. The quantitative estimate of drug-likeness (QED) is 0.890. The van der Waals surface area contributed by atoms with E-state index in [0.717, 1.165) is 16.9 Å². The van der Waals surface area contributed by atoms with E-state index in [1.54, 1.807) is 0 Å². The first kappa shape index (κ1) is 17.3. The predicted octanol–water partition coefficient (Wildman–Crippen LogP) is 2.00. The largest absolute Gasteiger partial charge is 0.376 e. The van der Waals surface area contributed by atoms with E-state index in [9.17, 15) is 9.59 Å². The standard InChI is InChI=1S/C17H25N3O3/c1-11-5-6-15(7-16(11)19-14(4)21)18-8-17(22)20-9-12(2)23-13(3)10-20/h5-7,12-13,18H,8-10H2,1-4H3,(H,19,21). The average molecular weight is 319 g/mol. The van der Waals surface area contributed by atoms with Crippen molar-refractivity contribution in [2.45, 2.75) is 39.9 Å². The molecule has 0 saturated carbocycles. The molecule has 1 aliphatic heterocycles. The normalized spacial score (nSPS) is 21.0. The van der Waals surface area contributed by atoms with E-state index in [1.807, 2.05) is 43.9 Å². The van der Waals surface area contributed by atoms with Gasteiger partial charge in [0.15, 0.2) is 0 Å². The molecule has 0 aliphatic carbocycles. The van der Waals surface area contributed by atoms with Gasteiger partial charge >= 0.3 is 0 Å². The summed E-state index contributed by atoms with van der Waals surface area (Å²) in [6.45, 7) is 8.82. The van der Waals surface area contributed by atoms with E-state index in [2.05, 4.69) is 10.6 Å². The molecule has 2 N–H and O–H groups in total. The first-order valence-corrected chi connectivity index (χ1v) is 7.90. The topological polar surface area (TPSA) is 70.7 Å². The van der Waals surface area contributed by atoms with Crippen molar-refractivity contribution in [3.63, 3.8) is 0 Å². The molecule has 0 bridgehead atoms. The molecular formula is C17H25N3O3. The number of carbonyl (C=O) groups is 2. The molecule has 126 valence electrons.